The SMILES string of the molecule is C=CC(=O)OC1CCC(C#CC2CCC(CCC)CC2)CC1. The maximum Gasteiger partial charge on any atom is 0.330 e. The van der Waals surface area contributed by atoms with Crippen LogP contribution in [0.15, 0.2) is 12.7 Å². The van der Waals surface area contributed by atoms with Crippen LogP contribution in [0.3, 0.4) is 0 Å². The number of esters is 1. The quantitative estimate of drug-likeness (QED) is 0.420. The van der Waals surface area contributed by atoms with Crippen LogP contribution in [0.1, 0.15) is 71.1 Å². The van der Waals surface area contributed by atoms with Gasteiger partial charge in [-0.05, 0) is 57.3 Å². The van der Waals surface area contributed by atoms with Crippen molar-refractivity contribution >= 4 is 5.97 Å². The Balaban J connectivity index is 1.69. The van der Waals surface area contributed by atoms with Crippen LogP contribution in [0.25, 0.3) is 0 Å². The van der Waals surface area contributed by atoms with Gasteiger partial charge in [-0.15, -0.1) is 0 Å². The molecular formula is C20H30O2. The average Bonchev–Trinajstić information content (AvgIpc) is 2.56. The first-order valence-corrected chi connectivity index (χ1v) is 9.05. The Morgan fingerprint density at radius 1 is 1.05 bits per heavy atom. The smallest absolute Gasteiger partial charge is 0.330 e. The van der Waals surface area contributed by atoms with Crippen LogP contribution in [-0.4, -0.2) is 12.1 Å². The summed E-state index contributed by atoms with van der Waals surface area (Å²) < 4.78 is 5.31. The van der Waals surface area contributed by atoms with E-state index in [4.69, 9.17) is 4.74 Å². The summed E-state index contributed by atoms with van der Waals surface area (Å²) in [5.41, 5.74) is 0. The van der Waals surface area contributed by atoms with Gasteiger partial charge in [-0.3, -0.25) is 0 Å². The van der Waals surface area contributed by atoms with Crippen molar-refractivity contribution in [1.82, 2.24) is 0 Å². The molecule has 2 rings (SSSR count). The Bertz CT molecular complexity index is 413. The molecule has 0 radical (unpaired) electrons. The molecule has 122 valence electrons. The van der Waals surface area contributed by atoms with Gasteiger partial charge in [-0.2, -0.15) is 0 Å². The molecule has 0 saturated heterocycles. The third-order valence-corrected chi connectivity index (χ3v) is 5.16. The van der Waals surface area contributed by atoms with E-state index in [9.17, 15) is 4.79 Å². The van der Waals surface area contributed by atoms with E-state index in [1.54, 1.807) is 0 Å². The van der Waals surface area contributed by atoms with Gasteiger partial charge in [0.2, 0.25) is 0 Å². The van der Waals surface area contributed by atoms with Crippen molar-refractivity contribution < 1.29 is 9.53 Å². The van der Waals surface area contributed by atoms with Crippen LogP contribution in [0.5, 0.6) is 0 Å². The molecule has 2 heteroatoms. The molecule has 0 heterocycles. The zero-order chi connectivity index (χ0) is 15.8. The highest BCUT2D eigenvalue weighted by Crippen LogP contribution is 2.31. The Kier molecular flexibility index (Phi) is 7.03. The van der Waals surface area contributed by atoms with Crippen LogP contribution < -0.4 is 0 Å². The highest BCUT2D eigenvalue weighted by molar-refractivity contribution is 5.81. The van der Waals surface area contributed by atoms with E-state index in [1.807, 2.05) is 0 Å². The second kappa shape index (κ2) is 9.03. The maximum atomic E-state index is 11.2. The minimum atomic E-state index is -0.293. The molecule has 2 saturated carbocycles. The molecule has 0 aromatic rings. The van der Waals surface area contributed by atoms with Crippen molar-refractivity contribution in [3.05, 3.63) is 12.7 Å². The van der Waals surface area contributed by atoms with E-state index in [1.165, 1.54) is 44.6 Å². The second-order valence-electron chi connectivity index (χ2n) is 6.91. The Labute approximate surface area is 135 Å². The molecule has 0 N–H and O–H groups in total. The molecule has 0 atom stereocenters. The van der Waals surface area contributed by atoms with Crippen molar-refractivity contribution in [1.29, 1.82) is 0 Å². The first-order valence-electron chi connectivity index (χ1n) is 9.05. The molecule has 2 aliphatic rings. The minimum absolute atomic E-state index is 0.0769. The lowest BCUT2D eigenvalue weighted by molar-refractivity contribution is -0.144. The Morgan fingerprint density at radius 2 is 1.59 bits per heavy atom. The molecule has 0 unspecified atom stereocenters. The summed E-state index contributed by atoms with van der Waals surface area (Å²) in [7, 11) is 0. The standard InChI is InChI=1S/C20H30O2/c1-3-5-16-6-8-17(9-7-16)10-11-18-12-14-19(15-13-18)22-20(21)4-2/h4,16-19H,2-3,5-9,12-15H2,1H3. The lowest BCUT2D eigenvalue weighted by atomic mass is 9.80. The average molecular weight is 302 g/mol. The number of carbonyl (C=O) groups is 1. The van der Waals surface area contributed by atoms with E-state index in [0.29, 0.717) is 11.8 Å². The first kappa shape index (κ1) is 17.1. The molecule has 2 aliphatic carbocycles. The zero-order valence-corrected chi connectivity index (χ0v) is 14.0. The predicted octanol–water partition coefficient (Wildman–Crippen LogP) is 4.88. The second-order valence-corrected chi connectivity index (χ2v) is 6.91. The summed E-state index contributed by atoms with van der Waals surface area (Å²) >= 11 is 0. The summed E-state index contributed by atoms with van der Waals surface area (Å²) in [5, 5.41) is 0. The van der Waals surface area contributed by atoms with Gasteiger partial charge < -0.3 is 4.74 Å². The van der Waals surface area contributed by atoms with Crippen LogP contribution in [0, 0.1) is 29.6 Å². The number of rotatable bonds is 4. The predicted molar refractivity (Wildman–Crippen MR) is 90.2 cm³/mol. The van der Waals surface area contributed by atoms with Gasteiger partial charge in [0.15, 0.2) is 0 Å². The topological polar surface area (TPSA) is 26.3 Å². The first-order chi connectivity index (χ1) is 10.7. The Morgan fingerprint density at radius 3 is 2.09 bits per heavy atom. The maximum absolute atomic E-state index is 11.2. The number of ether oxygens (including phenoxy) is 1. The van der Waals surface area contributed by atoms with E-state index in [-0.39, 0.29) is 12.1 Å². The van der Waals surface area contributed by atoms with Crippen molar-refractivity contribution in [2.75, 3.05) is 0 Å². The van der Waals surface area contributed by atoms with Gasteiger partial charge in [0.25, 0.3) is 0 Å². The molecule has 2 fully saturated rings. The zero-order valence-electron chi connectivity index (χ0n) is 14.0. The van der Waals surface area contributed by atoms with Crippen molar-refractivity contribution in [3.63, 3.8) is 0 Å². The van der Waals surface area contributed by atoms with E-state index in [2.05, 4.69) is 25.3 Å². The van der Waals surface area contributed by atoms with Crippen molar-refractivity contribution in [2.24, 2.45) is 17.8 Å². The fraction of sp³-hybridized carbons (Fsp3) is 0.750. The normalized spacial score (nSPS) is 31.7. The number of hydrogen-bond donors (Lipinski definition) is 0. The summed E-state index contributed by atoms with van der Waals surface area (Å²) in [6.07, 6.45) is 13.4. The van der Waals surface area contributed by atoms with E-state index in [0.717, 1.165) is 31.6 Å². The highest BCUT2D eigenvalue weighted by Gasteiger charge is 2.23. The molecule has 22 heavy (non-hydrogen) atoms. The summed E-state index contributed by atoms with van der Waals surface area (Å²) in [4.78, 5) is 11.2. The van der Waals surface area contributed by atoms with Crippen LogP contribution in [0.4, 0.5) is 0 Å². The molecule has 0 spiro atoms. The number of hydrogen-bond acceptors (Lipinski definition) is 2. The third-order valence-electron chi connectivity index (χ3n) is 5.16. The largest absolute Gasteiger partial charge is 0.459 e. The van der Waals surface area contributed by atoms with E-state index < -0.39 is 0 Å². The molecule has 0 aromatic heterocycles. The minimum Gasteiger partial charge on any atom is -0.459 e. The van der Waals surface area contributed by atoms with Crippen LogP contribution >= 0.6 is 0 Å². The summed E-state index contributed by atoms with van der Waals surface area (Å²) in [6, 6.07) is 0. The van der Waals surface area contributed by atoms with Gasteiger partial charge in [-0.1, -0.05) is 38.2 Å². The van der Waals surface area contributed by atoms with Gasteiger partial charge >= 0.3 is 5.97 Å². The van der Waals surface area contributed by atoms with E-state index >= 15 is 0 Å². The summed E-state index contributed by atoms with van der Waals surface area (Å²) in [5.74, 6) is 8.86. The molecule has 0 aliphatic heterocycles. The van der Waals surface area contributed by atoms with Crippen LogP contribution in [0.2, 0.25) is 0 Å². The lowest BCUT2D eigenvalue weighted by Gasteiger charge is -2.26. The van der Waals surface area contributed by atoms with Crippen LogP contribution in [-0.2, 0) is 9.53 Å². The molecule has 2 nitrogen and oxygen atoms in total. The van der Waals surface area contributed by atoms with Gasteiger partial charge in [-0.25, -0.2) is 4.79 Å². The van der Waals surface area contributed by atoms with Gasteiger partial charge in [0.05, 0.1) is 0 Å². The van der Waals surface area contributed by atoms with Crippen molar-refractivity contribution in [2.45, 2.75) is 77.2 Å². The monoisotopic (exact) mass is 302 g/mol. The molecule has 0 aromatic carbocycles. The fourth-order valence-corrected chi connectivity index (χ4v) is 3.78. The van der Waals surface area contributed by atoms with Gasteiger partial charge in [0.1, 0.15) is 6.10 Å². The molecule has 0 bridgehead atoms. The number of carbonyl (C=O) groups excluding carboxylic acids is 1. The molecular weight excluding hydrogens is 272 g/mol. The van der Waals surface area contributed by atoms with Crippen molar-refractivity contribution in [3.8, 4) is 11.8 Å². The van der Waals surface area contributed by atoms with Gasteiger partial charge in [0, 0.05) is 17.9 Å². The summed E-state index contributed by atoms with van der Waals surface area (Å²) in [6.45, 7) is 5.73. The third kappa shape index (κ3) is 5.52. The molecule has 0 amide bonds. The highest BCUT2D eigenvalue weighted by atomic mass is 16.5. The lowest BCUT2D eigenvalue weighted by Crippen LogP contribution is -2.23. The fourth-order valence-electron chi connectivity index (χ4n) is 3.78. The Hall–Kier alpha value is -1.23.